The van der Waals surface area contributed by atoms with E-state index >= 15 is 0 Å². The van der Waals surface area contributed by atoms with Crippen molar-refractivity contribution in [3.63, 3.8) is 0 Å². The van der Waals surface area contributed by atoms with E-state index < -0.39 is 11.6 Å². The lowest BCUT2D eigenvalue weighted by molar-refractivity contribution is 0.102. The second kappa shape index (κ2) is 7.60. The molecule has 1 heterocycles. The Morgan fingerprint density at radius 1 is 1.00 bits per heavy atom. The average molecular weight is 355 g/mol. The molecule has 5 nitrogen and oxygen atoms in total. The number of ether oxygens (including phenoxy) is 1. The summed E-state index contributed by atoms with van der Waals surface area (Å²) in [5.74, 6) is -1.40. The molecule has 0 fully saturated rings. The van der Waals surface area contributed by atoms with Gasteiger partial charge in [-0.25, -0.2) is 13.8 Å². The van der Waals surface area contributed by atoms with Crippen molar-refractivity contribution in [2.75, 3.05) is 17.7 Å². The number of rotatable bonds is 5. The molecule has 0 aliphatic carbocycles. The highest BCUT2D eigenvalue weighted by Gasteiger charge is 2.12. The van der Waals surface area contributed by atoms with E-state index in [1.807, 2.05) is 0 Å². The molecule has 26 heavy (non-hydrogen) atoms. The van der Waals surface area contributed by atoms with E-state index in [1.54, 1.807) is 36.4 Å². The summed E-state index contributed by atoms with van der Waals surface area (Å²) in [6.07, 6.45) is 1.47. The van der Waals surface area contributed by atoms with Gasteiger partial charge in [0, 0.05) is 11.8 Å². The van der Waals surface area contributed by atoms with Crippen molar-refractivity contribution in [2.45, 2.75) is 0 Å². The van der Waals surface area contributed by atoms with Crippen LogP contribution in [0, 0.1) is 11.6 Å². The maximum absolute atomic E-state index is 13.2. The minimum absolute atomic E-state index is 0.344. The molecule has 0 aliphatic heterocycles. The largest absolute Gasteiger partial charge is 0.496 e. The zero-order valence-electron chi connectivity index (χ0n) is 13.8. The van der Waals surface area contributed by atoms with Crippen LogP contribution in [0.2, 0.25) is 0 Å². The van der Waals surface area contributed by atoms with Gasteiger partial charge in [-0.3, -0.25) is 4.79 Å². The van der Waals surface area contributed by atoms with Crippen LogP contribution >= 0.6 is 0 Å². The van der Waals surface area contributed by atoms with E-state index in [2.05, 4.69) is 15.6 Å². The molecule has 0 aliphatic rings. The van der Waals surface area contributed by atoms with Gasteiger partial charge in [0.1, 0.15) is 11.6 Å². The number of methoxy groups -OCH3 is 1. The Balaban J connectivity index is 1.69. The van der Waals surface area contributed by atoms with Crippen molar-refractivity contribution < 1.29 is 18.3 Å². The normalized spacial score (nSPS) is 10.3. The number of halogens is 2. The van der Waals surface area contributed by atoms with Crippen LogP contribution in [0.3, 0.4) is 0 Å². The van der Waals surface area contributed by atoms with Crippen LogP contribution in [0.15, 0.2) is 60.8 Å². The lowest BCUT2D eigenvalue weighted by Gasteiger charge is -2.10. The third-order valence-electron chi connectivity index (χ3n) is 3.56. The lowest BCUT2D eigenvalue weighted by atomic mass is 10.2. The van der Waals surface area contributed by atoms with E-state index in [0.717, 1.165) is 12.1 Å². The molecule has 2 aromatic carbocycles. The van der Waals surface area contributed by atoms with E-state index in [9.17, 15) is 13.6 Å². The number of carbonyl (C=O) groups excluding carboxylic acids is 1. The van der Waals surface area contributed by atoms with Crippen LogP contribution < -0.4 is 15.4 Å². The molecule has 0 saturated heterocycles. The zero-order valence-corrected chi connectivity index (χ0v) is 13.8. The van der Waals surface area contributed by atoms with Gasteiger partial charge in [-0.15, -0.1) is 0 Å². The van der Waals surface area contributed by atoms with Crippen molar-refractivity contribution in [1.82, 2.24) is 4.98 Å². The van der Waals surface area contributed by atoms with Gasteiger partial charge in [0.05, 0.1) is 24.6 Å². The molecular weight excluding hydrogens is 340 g/mol. The summed E-state index contributed by atoms with van der Waals surface area (Å²) < 4.78 is 31.3. The van der Waals surface area contributed by atoms with E-state index in [-0.39, 0.29) is 5.91 Å². The van der Waals surface area contributed by atoms with Gasteiger partial charge >= 0.3 is 0 Å². The van der Waals surface area contributed by atoms with Gasteiger partial charge in [0.15, 0.2) is 11.6 Å². The van der Waals surface area contributed by atoms with Crippen LogP contribution in [0.5, 0.6) is 5.75 Å². The van der Waals surface area contributed by atoms with Crippen LogP contribution in [0.1, 0.15) is 10.4 Å². The third-order valence-corrected chi connectivity index (χ3v) is 3.56. The molecule has 132 valence electrons. The average Bonchev–Trinajstić information content (AvgIpc) is 2.66. The van der Waals surface area contributed by atoms with Crippen molar-refractivity contribution in [2.24, 2.45) is 0 Å². The third kappa shape index (κ3) is 3.94. The Kier molecular flexibility index (Phi) is 5.07. The molecule has 0 spiro atoms. The Morgan fingerprint density at radius 2 is 1.77 bits per heavy atom. The first-order valence-corrected chi connectivity index (χ1v) is 7.69. The summed E-state index contributed by atoms with van der Waals surface area (Å²) in [5.41, 5.74) is 1.34. The first kappa shape index (κ1) is 17.3. The SMILES string of the molecule is COc1ccccc1C(=O)Nc1ccc(Nc2ccc(F)c(F)c2)cn1. The van der Waals surface area contributed by atoms with E-state index in [1.165, 1.54) is 19.4 Å². The van der Waals surface area contributed by atoms with Crippen LogP contribution in [-0.4, -0.2) is 18.0 Å². The number of carbonyl (C=O) groups is 1. The Hall–Kier alpha value is -3.48. The topological polar surface area (TPSA) is 63.2 Å². The number of anilines is 3. The van der Waals surface area contributed by atoms with Crippen molar-refractivity contribution in [1.29, 1.82) is 0 Å². The number of amides is 1. The van der Waals surface area contributed by atoms with E-state index in [0.29, 0.717) is 28.5 Å². The number of hydrogen-bond donors (Lipinski definition) is 2. The summed E-state index contributed by atoms with van der Waals surface area (Å²) in [6, 6.07) is 13.6. The number of aromatic nitrogens is 1. The van der Waals surface area contributed by atoms with Crippen LogP contribution in [-0.2, 0) is 0 Å². The zero-order chi connectivity index (χ0) is 18.5. The summed E-state index contributed by atoms with van der Waals surface area (Å²) in [6.45, 7) is 0. The number of hydrogen-bond acceptors (Lipinski definition) is 4. The fourth-order valence-corrected chi connectivity index (χ4v) is 2.30. The minimum atomic E-state index is -0.941. The molecule has 1 amide bonds. The van der Waals surface area contributed by atoms with E-state index in [4.69, 9.17) is 4.74 Å². The van der Waals surface area contributed by atoms with Gasteiger partial charge in [-0.2, -0.15) is 0 Å². The highest BCUT2D eigenvalue weighted by molar-refractivity contribution is 6.05. The van der Waals surface area contributed by atoms with Crippen molar-refractivity contribution in [3.8, 4) is 5.75 Å². The lowest BCUT2D eigenvalue weighted by Crippen LogP contribution is -2.14. The monoisotopic (exact) mass is 355 g/mol. The number of benzene rings is 2. The molecule has 7 heteroatoms. The fraction of sp³-hybridized carbons (Fsp3) is 0.0526. The molecule has 0 bridgehead atoms. The predicted octanol–water partition coefficient (Wildman–Crippen LogP) is 4.36. The second-order valence-electron chi connectivity index (χ2n) is 5.34. The molecule has 0 atom stereocenters. The van der Waals surface area contributed by atoms with Gasteiger partial charge in [-0.1, -0.05) is 12.1 Å². The Morgan fingerprint density at radius 3 is 2.46 bits per heavy atom. The number of nitrogens with one attached hydrogen (secondary N) is 2. The van der Waals surface area contributed by atoms with Crippen LogP contribution in [0.25, 0.3) is 0 Å². The summed E-state index contributed by atoms with van der Waals surface area (Å²) in [4.78, 5) is 16.4. The summed E-state index contributed by atoms with van der Waals surface area (Å²) in [7, 11) is 1.49. The maximum atomic E-state index is 13.2. The molecule has 0 saturated carbocycles. The van der Waals surface area contributed by atoms with Gasteiger partial charge in [0.25, 0.3) is 5.91 Å². The Labute approximate surface area is 148 Å². The van der Waals surface area contributed by atoms with Gasteiger partial charge in [0.2, 0.25) is 0 Å². The molecule has 3 rings (SSSR count). The standard InChI is InChI=1S/C19H15F2N3O2/c1-26-17-5-3-2-4-14(17)19(25)24-18-9-7-13(11-22-18)23-12-6-8-15(20)16(21)10-12/h2-11,23H,1H3,(H,22,24,25). The minimum Gasteiger partial charge on any atom is -0.496 e. The Bertz CT molecular complexity index is 930. The molecule has 1 aromatic heterocycles. The first-order valence-electron chi connectivity index (χ1n) is 7.69. The maximum Gasteiger partial charge on any atom is 0.260 e. The molecule has 0 unspecified atom stereocenters. The number of nitrogens with zero attached hydrogens (tertiary/aromatic N) is 1. The second-order valence-corrected chi connectivity index (χ2v) is 5.34. The smallest absolute Gasteiger partial charge is 0.260 e. The highest BCUT2D eigenvalue weighted by atomic mass is 19.2. The number of para-hydroxylation sites is 1. The fourth-order valence-electron chi connectivity index (χ4n) is 2.30. The molecule has 3 aromatic rings. The van der Waals surface area contributed by atoms with Gasteiger partial charge < -0.3 is 15.4 Å². The van der Waals surface area contributed by atoms with Gasteiger partial charge in [-0.05, 0) is 36.4 Å². The van der Waals surface area contributed by atoms with Crippen LogP contribution in [0.4, 0.5) is 26.0 Å². The molecule has 2 N–H and O–H groups in total. The summed E-state index contributed by atoms with van der Waals surface area (Å²) >= 11 is 0. The van der Waals surface area contributed by atoms with Crippen molar-refractivity contribution >= 4 is 23.1 Å². The number of pyridine rings is 1. The first-order chi connectivity index (χ1) is 12.6. The highest BCUT2D eigenvalue weighted by Crippen LogP contribution is 2.21. The quantitative estimate of drug-likeness (QED) is 0.714. The summed E-state index contributed by atoms with van der Waals surface area (Å²) in [5, 5.41) is 5.57. The predicted molar refractivity (Wildman–Crippen MR) is 94.8 cm³/mol. The molecule has 0 radical (unpaired) electrons. The molecular formula is C19H15F2N3O2. The van der Waals surface area contributed by atoms with Crippen molar-refractivity contribution in [3.05, 3.63) is 78.0 Å².